The van der Waals surface area contributed by atoms with Crippen LogP contribution >= 0.6 is 0 Å². The summed E-state index contributed by atoms with van der Waals surface area (Å²) in [6.45, 7) is 1.94. The molecule has 0 saturated heterocycles. The molecule has 0 aliphatic rings. The topological polar surface area (TPSA) is 54.0 Å². The van der Waals surface area contributed by atoms with Crippen LogP contribution in [0.25, 0.3) is 11.0 Å². The van der Waals surface area contributed by atoms with Gasteiger partial charge in [0, 0.05) is 0 Å². The van der Waals surface area contributed by atoms with Crippen LogP contribution in [-0.4, -0.2) is 15.0 Å². The predicted molar refractivity (Wildman–Crippen MR) is 58.2 cm³/mol. The molecule has 74 valence electrons. The predicted octanol–water partition coefficient (Wildman–Crippen LogP) is 0.912. The summed E-state index contributed by atoms with van der Waals surface area (Å²) in [6, 6.07) is 5.43. The molecule has 1 heterocycles. The number of hydrogen-bond acceptors (Lipinski definition) is 3. The van der Waals surface area contributed by atoms with Crippen LogP contribution in [0.5, 0.6) is 0 Å². The normalized spacial score (nSPS) is 10.1. The second kappa shape index (κ2) is 3.90. The monoisotopic (exact) mass is 265 g/mol. The Morgan fingerprint density at radius 1 is 1.47 bits per heavy atom. The van der Waals surface area contributed by atoms with E-state index < -0.39 is 15.0 Å². The Hall–Kier alpha value is -1.56. The molecule has 0 saturated carbocycles. The first-order valence-electron chi connectivity index (χ1n) is 4.30. The van der Waals surface area contributed by atoms with Gasteiger partial charge in [-0.05, 0) is 0 Å². The van der Waals surface area contributed by atoms with Crippen molar-refractivity contribution in [1.29, 1.82) is 5.26 Å². The fourth-order valence-corrected chi connectivity index (χ4v) is 2.17. The molecule has 3 nitrogen and oxygen atoms in total. The number of benzene rings is 1. The molecule has 0 unspecified atom stereocenters. The average Bonchev–Trinajstić information content (AvgIpc) is 2.22. The van der Waals surface area contributed by atoms with Crippen LogP contribution in [0.2, 0.25) is 0 Å². The third kappa shape index (κ3) is 1.80. The SMILES string of the molecule is Cc1ccc2c(=O)c([Se]C#N)coc2c1. The van der Waals surface area contributed by atoms with Gasteiger partial charge in [-0.1, -0.05) is 0 Å². The first-order valence-corrected chi connectivity index (χ1v) is 6.02. The van der Waals surface area contributed by atoms with Gasteiger partial charge in [-0.15, -0.1) is 0 Å². The fourth-order valence-electron chi connectivity index (χ4n) is 1.34. The van der Waals surface area contributed by atoms with E-state index in [9.17, 15) is 4.79 Å². The number of rotatable bonds is 1. The van der Waals surface area contributed by atoms with Crippen LogP contribution < -0.4 is 9.89 Å². The molecule has 1 aromatic carbocycles. The summed E-state index contributed by atoms with van der Waals surface area (Å²) in [4.78, 5) is 13.8. The Balaban J connectivity index is 2.76. The van der Waals surface area contributed by atoms with Crippen LogP contribution in [-0.2, 0) is 0 Å². The molecule has 2 aromatic rings. The molecule has 0 atom stereocenters. The minimum atomic E-state index is -0.459. The van der Waals surface area contributed by atoms with Gasteiger partial charge in [-0.2, -0.15) is 0 Å². The summed E-state index contributed by atoms with van der Waals surface area (Å²) < 4.78 is 5.79. The van der Waals surface area contributed by atoms with Gasteiger partial charge in [0.1, 0.15) is 0 Å². The van der Waals surface area contributed by atoms with Crippen molar-refractivity contribution in [2.75, 3.05) is 0 Å². The summed E-state index contributed by atoms with van der Waals surface area (Å²) in [5.74, 6) is 0. The zero-order chi connectivity index (χ0) is 10.8. The van der Waals surface area contributed by atoms with Gasteiger partial charge in [0.15, 0.2) is 0 Å². The molecule has 2 rings (SSSR count). The first kappa shape index (κ1) is 9.97. The molecule has 0 aliphatic heterocycles. The van der Waals surface area contributed by atoms with Gasteiger partial charge < -0.3 is 0 Å². The molecule has 0 spiro atoms. The Labute approximate surface area is 92.5 Å². The van der Waals surface area contributed by atoms with Crippen LogP contribution in [0.4, 0.5) is 0 Å². The third-order valence-electron chi connectivity index (χ3n) is 2.05. The van der Waals surface area contributed by atoms with Gasteiger partial charge in [0.2, 0.25) is 0 Å². The summed E-state index contributed by atoms with van der Waals surface area (Å²) in [7, 11) is 0. The Morgan fingerprint density at radius 2 is 2.27 bits per heavy atom. The zero-order valence-corrected chi connectivity index (χ0v) is 9.69. The molecule has 0 fully saturated rings. The van der Waals surface area contributed by atoms with Crippen molar-refractivity contribution in [2.24, 2.45) is 0 Å². The summed E-state index contributed by atoms with van der Waals surface area (Å²) in [5.41, 5.74) is 1.54. The number of nitriles is 1. The first-order chi connectivity index (χ1) is 7.22. The van der Waals surface area contributed by atoms with Crippen molar-refractivity contribution in [3.8, 4) is 4.97 Å². The van der Waals surface area contributed by atoms with Crippen molar-refractivity contribution >= 4 is 30.4 Å². The van der Waals surface area contributed by atoms with Gasteiger partial charge in [-0.3, -0.25) is 0 Å². The van der Waals surface area contributed by atoms with Crippen LogP contribution in [0.1, 0.15) is 5.56 Å². The molecular weight excluding hydrogens is 257 g/mol. The number of fused-ring (bicyclic) bond motifs is 1. The maximum absolute atomic E-state index is 11.8. The molecule has 4 heteroatoms. The zero-order valence-electron chi connectivity index (χ0n) is 7.98. The standard InChI is InChI=1S/C11H7NO2Se/c1-7-2-3-8-9(4-7)14-5-10(11(8)13)15-6-12/h2-5H,1H3. The van der Waals surface area contributed by atoms with E-state index in [0.717, 1.165) is 5.56 Å². The van der Waals surface area contributed by atoms with E-state index in [0.29, 0.717) is 15.4 Å². The Morgan fingerprint density at radius 3 is 3.00 bits per heavy atom. The van der Waals surface area contributed by atoms with Gasteiger partial charge in [0.25, 0.3) is 0 Å². The van der Waals surface area contributed by atoms with E-state index in [1.165, 1.54) is 6.26 Å². The van der Waals surface area contributed by atoms with Crippen molar-refractivity contribution in [1.82, 2.24) is 0 Å². The van der Waals surface area contributed by atoms with Crippen molar-refractivity contribution in [2.45, 2.75) is 6.92 Å². The van der Waals surface area contributed by atoms with Gasteiger partial charge in [-0.25, -0.2) is 0 Å². The minimum absolute atomic E-state index is 0.0854. The third-order valence-corrected chi connectivity index (χ3v) is 3.30. The quantitative estimate of drug-likeness (QED) is 0.719. The molecule has 0 radical (unpaired) electrons. The van der Waals surface area contributed by atoms with Crippen LogP contribution in [0.15, 0.2) is 33.7 Å². The summed E-state index contributed by atoms with van der Waals surface area (Å²) >= 11 is -0.459. The van der Waals surface area contributed by atoms with Gasteiger partial charge in [0.05, 0.1) is 0 Å². The Bertz CT molecular complexity index is 610. The number of hydrogen-bond donors (Lipinski definition) is 0. The van der Waals surface area contributed by atoms with Crippen LogP contribution in [0.3, 0.4) is 0 Å². The molecule has 15 heavy (non-hydrogen) atoms. The fraction of sp³-hybridized carbons (Fsp3) is 0.0909. The summed E-state index contributed by atoms with van der Waals surface area (Å²) in [6.07, 6.45) is 1.40. The molecule has 0 amide bonds. The molecule has 0 aliphatic carbocycles. The summed E-state index contributed by atoms with van der Waals surface area (Å²) in [5, 5.41) is 9.11. The van der Waals surface area contributed by atoms with Crippen molar-refractivity contribution < 1.29 is 4.42 Å². The van der Waals surface area contributed by atoms with Gasteiger partial charge >= 0.3 is 92.2 Å². The second-order valence-corrected chi connectivity index (χ2v) is 4.86. The maximum atomic E-state index is 11.8. The average molecular weight is 264 g/mol. The van der Waals surface area contributed by atoms with E-state index in [1.807, 2.05) is 24.0 Å². The van der Waals surface area contributed by atoms with E-state index in [2.05, 4.69) is 0 Å². The van der Waals surface area contributed by atoms with Crippen molar-refractivity contribution in [3.05, 3.63) is 40.2 Å². The van der Waals surface area contributed by atoms with E-state index in [-0.39, 0.29) is 5.43 Å². The number of aryl methyl sites for hydroxylation is 1. The Kier molecular flexibility index (Phi) is 2.59. The molecule has 0 N–H and O–H groups in total. The number of nitrogens with zero attached hydrogens (tertiary/aromatic N) is 1. The van der Waals surface area contributed by atoms with Crippen LogP contribution in [0, 0.1) is 17.2 Å². The van der Waals surface area contributed by atoms with E-state index in [1.54, 1.807) is 6.07 Å². The molecular formula is C11H7NO2Se. The van der Waals surface area contributed by atoms with E-state index >= 15 is 0 Å². The second-order valence-electron chi connectivity index (χ2n) is 3.12. The van der Waals surface area contributed by atoms with Crippen molar-refractivity contribution in [3.63, 3.8) is 0 Å². The molecule has 0 bridgehead atoms. The molecule has 1 aromatic heterocycles. The van der Waals surface area contributed by atoms with E-state index in [4.69, 9.17) is 9.68 Å².